The predicted molar refractivity (Wildman–Crippen MR) is 106 cm³/mol. The lowest BCUT2D eigenvalue weighted by Crippen LogP contribution is -2.45. The Morgan fingerprint density at radius 3 is 2.52 bits per heavy atom. The van der Waals surface area contributed by atoms with Crippen molar-refractivity contribution in [2.45, 2.75) is 31.2 Å². The largest absolute Gasteiger partial charge is 0.492 e. The summed E-state index contributed by atoms with van der Waals surface area (Å²) in [5.41, 5.74) is 1.09. The number of carbonyl (C=O) groups excluding carboxylic acids is 1. The molecule has 0 aromatic heterocycles. The van der Waals surface area contributed by atoms with Gasteiger partial charge >= 0.3 is 0 Å². The summed E-state index contributed by atoms with van der Waals surface area (Å²) in [6.07, 6.45) is 0.667. The van der Waals surface area contributed by atoms with E-state index in [4.69, 9.17) is 16.3 Å². The molecule has 6 nitrogen and oxygen atoms in total. The maximum atomic E-state index is 12.5. The Labute approximate surface area is 164 Å². The quantitative estimate of drug-likeness (QED) is 0.665. The zero-order chi connectivity index (χ0) is 19.9. The highest BCUT2D eigenvalue weighted by Crippen LogP contribution is 2.27. The molecular weight excluding hydrogens is 388 g/mol. The van der Waals surface area contributed by atoms with Gasteiger partial charge in [0.2, 0.25) is 15.9 Å². The van der Waals surface area contributed by atoms with Gasteiger partial charge in [0, 0.05) is 6.54 Å². The van der Waals surface area contributed by atoms with Gasteiger partial charge in [0.05, 0.1) is 22.6 Å². The van der Waals surface area contributed by atoms with Gasteiger partial charge in [0.25, 0.3) is 0 Å². The van der Waals surface area contributed by atoms with Crippen molar-refractivity contribution in [1.29, 1.82) is 0 Å². The van der Waals surface area contributed by atoms with Crippen LogP contribution in [0.5, 0.6) is 5.75 Å². The Balaban J connectivity index is 1.93. The van der Waals surface area contributed by atoms with Crippen molar-refractivity contribution in [3.05, 3.63) is 59.1 Å². The summed E-state index contributed by atoms with van der Waals surface area (Å²) in [4.78, 5) is 12.1. The van der Waals surface area contributed by atoms with Gasteiger partial charge < -0.3 is 10.1 Å². The van der Waals surface area contributed by atoms with Crippen molar-refractivity contribution >= 4 is 27.5 Å². The van der Waals surface area contributed by atoms with Gasteiger partial charge in [-0.2, -0.15) is 4.72 Å². The molecule has 0 fully saturated rings. The van der Waals surface area contributed by atoms with Crippen molar-refractivity contribution in [2.75, 3.05) is 13.2 Å². The summed E-state index contributed by atoms with van der Waals surface area (Å²) < 4.78 is 32.6. The topological polar surface area (TPSA) is 84.5 Å². The molecule has 0 aliphatic carbocycles. The zero-order valence-electron chi connectivity index (χ0n) is 15.2. The van der Waals surface area contributed by atoms with Gasteiger partial charge in [0.1, 0.15) is 5.75 Å². The Morgan fingerprint density at radius 1 is 1.19 bits per heavy atom. The highest BCUT2D eigenvalue weighted by atomic mass is 35.5. The molecule has 146 valence electrons. The van der Waals surface area contributed by atoms with E-state index in [1.807, 2.05) is 30.3 Å². The number of rotatable bonds is 9. The van der Waals surface area contributed by atoms with Gasteiger partial charge in [0.15, 0.2) is 0 Å². The van der Waals surface area contributed by atoms with Gasteiger partial charge in [-0.25, -0.2) is 8.42 Å². The van der Waals surface area contributed by atoms with E-state index in [1.165, 1.54) is 25.1 Å². The van der Waals surface area contributed by atoms with E-state index in [0.29, 0.717) is 25.3 Å². The second-order valence-electron chi connectivity index (χ2n) is 5.89. The average molecular weight is 411 g/mol. The van der Waals surface area contributed by atoms with Crippen LogP contribution in [0.25, 0.3) is 0 Å². The fraction of sp³-hybridized carbons (Fsp3) is 0.316. The normalized spacial score (nSPS) is 12.4. The molecule has 0 heterocycles. The van der Waals surface area contributed by atoms with E-state index < -0.39 is 22.0 Å². The number of sulfonamides is 1. The van der Waals surface area contributed by atoms with Crippen LogP contribution in [0.2, 0.25) is 5.02 Å². The molecule has 0 saturated heterocycles. The number of ether oxygens (including phenoxy) is 1. The minimum Gasteiger partial charge on any atom is -0.492 e. The minimum atomic E-state index is -3.89. The molecule has 0 radical (unpaired) electrons. The second kappa shape index (κ2) is 9.73. The molecule has 1 amide bonds. The molecule has 0 saturated carbocycles. The number of carbonyl (C=O) groups is 1. The summed E-state index contributed by atoms with van der Waals surface area (Å²) in [5.74, 6) is 0.0105. The van der Waals surface area contributed by atoms with Crippen molar-refractivity contribution in [2.24, 2.45) is 0 Å². The molecule has 0 unspecified atom stereocenters. The van der Waals surface area contributed by atoms with Crippen LogP contribution in [0.15, 0.2) is 53.4 Å². The van der Waals surface area contributed by atoms with E-state index in [-0.39, 0.29) is 9.92 Å². The van der Waals surface area contributed by atoms with E-state index in [0.717, 1.165) is 5.56 Å². The molecule has 1 atom stereocenters. The van der Waals surface area contributed by atoms with E-state index in [1.54, 1.807) is 6.92 Å². The van der Waals surface area contributed by atoms with Crippen molar-refractivity contribution in [3.8, 4) is 5.75 Å². The number of benzene rings is 2. The highest BCUT2D eigenvalue weighted by molar-refractivity contribution is 7.89. The summed E-state index contributed by atoms with van der Waals surface area (Å²) in [6.45, 7) is 4.14. The first-order valence-corrected chi connectivity index (χ1v) is 10.5. The number of hydrogen-bond acceptors (Lipinski definition) is 4. The zero-order valence-corrected chi connectivity index (χ0v) is 16.8. The molecule has 8 heteroatoms. The van der Waals surface area contributed by atoms with Crippen molar-refractivity contribution < 1.29 is 17.9 Å². The second-order valence-corrected chi connectivity index (χ2v) is 8.02. The molecule has 2 rings (SSSR count). The van der Waals surface area contributed by atoms with Crippen LogP contribution >= 0.6 is 11.6 Å². The molecule has 0 aliphatic rings. The van der Waals surface area contributed by atoms with Gasteiger partial charge in [-0.3, -0.25) is 4.79 Å². The molecule has 2 aromatic rings. The van der Waals surface area contributed by atoms with Crippen molar-refractivity contribution in [1.82, 2.24) is 10.0 Å². The third kappa shape index (κ3) is 6.23. The molecule has 2 N–H and O–H groups in total. The summed E-state index contributed by atoms with van der Waals surface area (Å²) in [7, 11) is -3.89. The van der Waals surface area contributed by atoms with Crippen LogP contribution < -0.4 is 14.8 Å². The summed E-state index contributed by atoms with van der Waals surface area (Å²) in [5, 5.41) is 2.92. The maximum absolute atomic E-state index is 12.5. The standard InChI is InChI=1S/C19H23ClN2O4S/c1-3-26-18-10-9-16(13-17(18)20)27(24,25)22-14(2)19(23)21-12-11-15-7-5-4-6-8-15/h4-10,13-14,22H,3,11-12H2,1-2H3,(H,21,23)/t14-/m1/s1. The van der Waals surface area contributed by atoms with Crippen molar-refractivity contribution in [3.63, 3.8) is 0 Å². The van der Waals surface area contributed by atoms with E-state index in [9.17, 15) is 13.2 Å². The molecule has 0 aliphatic heterocycles. The first-order valence-electron chi connectivity index (χ1n) is 8.60. The Kier molecular flexibility index (Phi) is 7.65. The third-order valence-corrected chi connectivity index (χ3v) is 5.63. The van der Waals surface area contributed by atoms with Crippen LogP contribution in [-0.4, -0.2) is 33.5 Å². The fourth-order valence-electron chi connectivity index (χ4n) is 2.40. The lowest BCUT2D eigenvalue weighted by atomic mass is 10.1. The number of amides is 1. The molecule has 0 spiro atoms. The molecular formula is C19H23ClN2O4S. The first kappa shape index (κ1) is 21.2. The lowest BCUT2D eigenvalue weighted by Gasteiger charge is -2.15. The lowest BCUT2D eigenvalue weighted by molar-refractivity contribution is -0.122. The SMILES string of the molecule is CCOc1ccc(S(=O)(=O)N[C@H](C)C(=O)NCCc2ccccc2)cc1Cl. The number of hydrogen-bond donors (Lipinski definition) is 2. The van der Waals surface area contributed by atoms with Crippen LogP contribution in [0, 0.1) is 0 Å². The van der Waals surface area contributed by atoms with Crippen LogP contribution in [0.4, 0.5) is 0 Å². The van der Waals surface area contributed by atoms with Gasteiger partial charge in [-0.05, 0) is 44.0 Å². The average Bonchev–Trinajstić information content (AvgIpc) is 2.64. The Hall–Kier alpha value is -2.09. The molecule has 0 bridgehead atoms. The van der Waals surface area contributed by atoms with Crippen LogP contribution in [-0.2, 0) is 21.2 Å². The maximum Gasteiger partial charge on any atom is 0.241 e. The molecule has 2 aromatic carbocycles. The minimum absolute atomic E-state index is 0.0279. The predicted octanol–water partition coefficient (Wildman–Crippen LogP) is 2.76. The van der Waals surface area contributed by atoms with Gasteiger partial charge in [-0.15, -0.1) is 0 Å². The van der Waals surface area contributed by atoms with Crippen LogP contribution in [0.1, 0.15) is 19.4 Å². The smallest absolute Gasteiger partial charge is 0.241 e. The Bertz CT molecular complexity index is 873. The van der Waals surface area contributed by atoms with Crippen LogP contribution in [0.3, 0.4) is 0 Å². The Morgan fingerprint density at radius 2 is 1.89 bits per heavy atom. The van der Waals surface area contributed by atoms with E-state index in [2.05, 4.69) is 10.0 Å². The molecule has 27 heavy (non-hydrogen) atoms. The van der Waals surface area contributed by atoms with Gasteiger partial charge in [-0.1, -0.05) is 41.9 Å². The fourth-order valence-corrected chi connectivity index (χ4v) is 3.93. The summed E-state index contributed by atoms with van der Waals surface area (Å²) in [6, 6.07) is 13.0. The monoisotopic (exact) mass is 410 g/mol. The third-order valence-electron chi connectivity index (χ3n) is 3.79. The summed E-state index contributed by atoms with van der Waals surface area (Å²) >= 11 is 6.04. The van der Waals surface area contributed by atoms with E-state index >= 15 is 0 Å². The first-order chi connectivity index (χ1) is 12.8. The number of nitrogens with one attached hydrogen (secondary N) is 2. The number of halogens is 1. The highest BCUT2D eigenvalue weighted by Gasteiger charge is 2.22.